The third-order valence-corrected chi connectivity index (χ3v) is 3.17. The molecule has 0 aliphatic carbocycles. The second kappa shape index (κ2) is 5.68. The van der Waals surface area contributed by atoms with Crippen LogP contribution in [0.15, 0.2) is 41.0 Å². The molecule has 0 bridgehead atoms. The van der Waals surface area contributed by atoms with E-state index in [0.29, 0.717) is 17.7 Å². The van der Waals surface area contributed by atoms with Crippen molar-refractivity contribution < 1.29 is 17.6 Å². The summed E-state index contributed by atoms with van der Waals surface area (Å²) >= 11 is 0. The van der Waals surface area contributed by atoms with Gasteiger partial charge >= 0.3 is 6.18 Å². The van der Waals surface area contributed by atoms with Crippen LogP contribution in [0.4, 0.5) is 13.2 Å². The average Bonchev–Trinajstić information content (AvgIpc) is 2.81. The summed E-state index contributed by atoms with van der Waals surface area (Å²) in [4.78, 5) is 0. The van der Waals surface area contributed by atoms with Gasteiger partial charge < -0.3 is 4.42 Å². The maximum Gasteiger partial charge on any atom is 0.416 e. The van der Waals surface area contributed by atoms with Gasteiger partial charge in [0.05, 0.1) is 17.9 Å². The highest BCUT2D eigenvalue weighted by Gasteiger charge is 2.30. The largest absolute Gasteiger partial charge is 0.469 e. The number of hydrogen-bond donors (Lipinski definition) is 2. The van der Waals surface area contributed by atoms with Crippen LogP contribution in [0.2, 0.25) is 0 Å². The van der Waals surface area contributed by atoms with Gasteiger partial charge in [0.25, 0.3) is 0 Å². The van der Waals surface area contributed by atoms with Crippen LogP contribution < -0.4 is 11.3 Å². The number of nitrogens with one attached hydrogen (secondary N) is 1. The van der Waals surface area contributed by atoms with Crippen LogP contribution in [0.25, 0.3) is 0 Å². The van der Waals surface area contributed by atoms with Crippen LogP contribution in [-0.4, -0.2) is 0 Å². The van der Waals surface area contributed by atoms with Crippen molar-refractivity contribution in [1.29, 1.82) is 0 Å². The second-order valence-corrected chi connectivity index (χ2v) is 4.55. The Morgan fingerprint density at radius 3 is 2.60 bits per heavy atom. The first-order chi connectivity index (χ1) is 9.41. The fraction of sp³-hybridized carbons (Fsp3) is 0.286. The SMILES string of the molecule is Cc1occc1C(Cc1cccc(C(F)(F)F)c1)NN. The molecule has 2 aromatic rings. The Labute approximate surface area is 114 Å². The molecule has 2 rings (SSSR count). The molecular formula is C14H15F3N2O. The van der Waals surface area contributed by atoms with Gasteiger partial charge in [-0.05, 0) is 31.0 Å². The number of benzene rings is 1. The normalized spacial score (nSPS) is 13.4. The lowest BCUT2D eigenvalue weighted by atomic mass is 9.98. The van der Waals surface area contributed by atoms with Gasteiger partial charge in [-0.25, -0.2) is 0 Å². The van der Waals surface area contributed by atoms with Crippen LogP contribution in [0.1, 0.15) is 28.5 Å². The fourth-order valence-electron chi connectivity index (χ4n) is 2.13. The van der Waals surface area contributed by atoms with E-state index in [1.807, 2.05) is 0 Å². The molecule has 1 atom stereocenters. The van der Waals surface area contributed by atoms with Crippen molar-refractivity contribution >= 4 is 0 Å². The second-order valence-electron chi connectivity index (χ2n) is 4.55. The third kappa shape index (κ3) is 3.20. The van der Waals surface area contributed by atoms with Gasteiger partial charge in [-0.3, -0.25) is 11.3 Å². The number of halogens is 3. The molecule has 1 unspecified atom stereocenters. The first kappa shape index (κ1) is 14.6. The number of aryl methyl sites for hydroxylation is 1. The van der Waals surface area contributed by atoms with E-state index in [9.17, 15) is 13.2 Å². The first-order valence-corrected chi connectivity index (χ1v) is 6.08. The molecule has 0 aliphatic rings. The van der Waals surface area contributed by atoms with Gasteiger partial charge in [-0.1, -0.05) is 18.2 Å². The zero-order valence-electron chi connectivity index (χ0n) is 10.9. The van der Waals surface area contributed by atoms with E-state index in [4.69, 9.17) is 10.3 Å². The Morgan fingerprint density at radius 1 is 1.30 bits per heavy atom. The van der Waals surface area contributed by atoms with E-state index in [1.54, 1.807) is 19.1 Å². The minimum atomic E-state index is -4.34. The fourth-order valence-corrected chi connectivity index (χ4v) is 2.13. The Balaban J connectivity index is 2.23. The van der Waals surface area contributed by atoms with Crippen LogP contribution in [0.3, 0.4) is 0 Å². The number of nitrogens with two attached hydrogens (primary N) is 1. The number of hydrazine groups is 1. The van der Waals surface area contributed by atoms with Crippen molar-refractivity contribution in [2.24, 2.45) is 5.84 Å². The molecule has 0 spiro atoms. The summed E-state index contributed by atoms with van der Waals surface area (Å²) in [6.45, 7) is 1.78. The maximum atomic E-state index is 12.7. The molecule has 108 valence electrons. The summed E-state index contributed by atoms with van der Waals surface area (Å²) in [6, 6.07) is 6.70. The van der Waals surface area contributed by atoms with Gasteiger partial charge in [0, 0.05) is 5.56 Å². The standard InChI is InChI=1S/C14H15F3N2O/c1-9-12(5-6-20-9)13(19-18)8-10-3-2-4-11(7-10)14(15,16)17/h2-7,13,19H,8,18H2,1H3. The van der Waals surface area contributed by atoms with Crippen molar-refractivity contribution in [3.05, 3.63) is 59.0 Å². The molecule has 3 nitrogen and oxygen atoms in total. The highest BCUT2D eigenvalue weighted by molar-refractivity contribution is 5.29. The van der Waals surface area contributed by atoms with Crippen molar-refractivity contribution in [2.75, 3.05) is 0 Å². The summed E-state index contributed by atoms with van der Waals surface area (Å²) in [5.41, 5.74) is 3.35. The lowest BCUT2D eigenvalue weighted by Crippen LogP contribution is -2.29. The zero-order chi connectivity index (χ0) is 14.8. The molecule has 0 aliphatic heterocycles. The van der Waals surface area contributed by atoms with Gasteiger partial charge in [-0.15, -0.1) is 0 Å². The molecule has 0 fully saturated rings. The predicted octanol–water partition coefficient (Wildman–Crippen LogP) is 3.35. The molecule has 0 saturated heterocycles. The van der Waals surface area contributed by atoms with Gasteiger partial charge in [-0.2, -0.15) is 13.2 Å². The molecule has 0 radical (unpaired) electrons. The number of furan rings is 1. The first-order valence-electron chi connectivity index (χ1n) is 6.08. The number of hydrogen-bond acceptors (Lipinski definition) is 3. The minimum Gasteiger partial charge on any atom is -0.469 e. The van der Waals surface area contributed by atoms with Crippen LogP contribution in [0, 0.1) is 6.92 Å². The van der Waals surface area contributed by atoms with Crippen molar-refractivity contribution in [2.45, 2.75) is 25.6 Å². The van der Waals surface area contributed by atoms with Gasteiger partial charge in [0.2, 0.25) is 0 Å². The Bertz CT molecular complexity index is 578. The van der Waals surface area contributed by atoms with Crippen LogP contribution in [-0.2, 0) is 12.6 Å². The van der Waals surface area contributed by atoms with E-state index >= 15 is 0 Å². The molecule has 1 aromatic heterocycles. The summed E-state index contributed by atoms with van der Waals surface area (Å²) in [5.74, 6) is 6.19. The molecule has 1 aromatic carbocycles. The molecule has 6 heteroatoms. The van der Waals surface area contributed by atoms with E-state index < -0.39 is 11.7 Å². The zero-order valence-corrected chi connectivity index (χ0v) is 10.9. The Kier molecular flexibility index (Phi) is 4.15. The van der Waals surface area contributed by atoms with Crippen LogP contribution in [0.5, 0.6) is 0 Å². The van der Waals surface area contributed by atoms with Crippen molar-refractivity contribution in [3.8, 4) is 0 Å². The Hall–Kier alpha value is -1.79. The van der Waals surface area contributed by atoms with Crippen LogP contribution >= 0.6 is 0 Å². The molecule has 0 saturated carbocycles. The molecule has 1 heterocycles. The smallest absolute Gasteiger partial charge is 0.416 e. The summed E-state index contributed by atoms with van der Waals surface area (Å²) in [6.07, 6.45) is -2.46. The van der Waals surface area contributed by atoms with Crippen molar-refractivity contribution in [3.63, 3.8) is 0 Å². The summed E-state index contributed by atoms with van der Waals surface area (Å²) in [5, 5.41) is 0. The maximum absolute atomic E-state index is 12.7. The van der Waals surface area contributed by atoms with Crippen molar-refractivity contribution in [1.82, 2.24) is 5.43 Å². The van der Waals surface area contributed by atoms with E-state index in [1.165, 1.54) is 12.3 Å². The molecule has 0 amide bonds. The minimum absolute atomic E-state index is 0.294. The highest BCUT2D eigenvalue weighted by atomic mass is 19.4. The highest BCUT2D eigenvalue weighted by Crippen LogP contribution is 2.30. The number of rotatable bonds is 4. The molecule has 3 N–H and O–H groups in total. The number of alkyl halides is 3. The average molecular weight is 284 g/mol. The molecule has 20 heavy (non-hydrogen) atoms. The Morgan fingerprint density at radius 2 is 2.05 bits per heavy atom. The third-order valence-electron chi connectivity index (χ3n) is 3.17. The van der Waals surface area contributed by atoms with E-state index in [2.05, 4.69) is 5.43 Å². The monoisotopic (exact) mass is 284 g/mol. The quantitative estimate of drug-likeness (QED) is 0.668. The summed E-state index contributed by atoms with van der Waals surface area (Å²) < 4.78 is 43.2. The summed E-state index contributed by atoms with van der Waals surface area (Å²) in [7, 11) is 0. The topological polar surface area (TPSA) is 51.2 Å². The predicted molar refractivity (Wildman–Crippen MR) is 68.7 cm³/mol. The van der Waals surface area contributed by atoms with E-state index in [-0.39, 0.29) is 6.04 Å². The van der Waals surface area contributed by atoms with Gasteiger partial charge in [0.15, 0.2) is 0 Å². The van der Waals surface area contributed by atoms with Gasteiger partial charge in [0.1, 0.15) is 5.76 Å². The lowest BCUT2D eigenvalue weighted by molar-refractivity contribution is -0.137. The lowest BCUT2D eigenvalue weighted by Gasteiger charge is -2.16. The molecular weight excluding hydrogens is 269 g/mol. The van der Waals surface area contributed by atoms with E-state index in [0.717, 1.165) is 17.7 Å².